The maximum absolute atomic E-state index is 13.6. The summed E-state index contributed by atoms with van der Waals surface area (Å²) in [5.41, 5.74) is -0.494. The molecule has 7 heteroatoms. The highest BCUT2D eigenvalue weighted by molar-refractivity contribution is 6.30. The minimum Gasteiger partial charge on any atom is -0.203 e. The average molecular weight is 341 g/mol. The highest BCUT2D eigenvalue weighted by atomic mass is 35.5. The van der Waals surface area contributed by atoms with Crippen molar-refractivity contribution in [2.45, 2.75) is 11.8 Å². The van der Waals surface area contributed by atoms with Crippen molar-refractivity contribution in [3.05, 3.63) is 69.5 Å². The van der Waals surface area contributed by atoms with Gasteiger partial charge in [-0.25, -0.2) is 22.0 Å². The average Bonchev–Trinajstić information content (AvgIpc) is 2.46. The molecule has 1 unspecified atom stereocenters. The predicted molar refractivity (Wildman–Crippen MR) is 70.0 cm³/mol. The first kappa shape index (κ1) is 16.0. The second-order valence-electron chi connectivity index (χ2n) is 4.28. The van der Waals surface area contributed by atoms with Crippen LogP contribution in [0.4, 0.5) is 22.0 Å². The molecular formula is C14H7Cl2F5. The summed E-state index contributed by atoms with van der Waals surface area (Å²) in [7, 11) is 0. The van der Waals surface area contributed by atoms with Gasteiger partial charge < -0.3 is 0 Å². The lowest BCUT2D eigenvalue weighted by atomic mass is 10.0. The smallest absolute Gasteiger partial charge is 0.200 e. The molecule has 0 saturated heterocycles. The van der Waals surface area contributed by atoms with E-state index in [1.165, 1.54) is 12.1 Å². The van der Waals surface area contributed by atoms with E-state index in [0.717, 1.165) is 0 Å². The van der Waals surface area contributed by atoms with E-state index >= 15 is 0 Å². The van der Waals surface area contributed by atoms with Gasteiger partial charge in [-0.1, -0.05) is 23.7 Å². The molecule has 0 radical (unpaired) electrons. The summed E-state index contributed by atoms with van der Waals surface area (Å²) in [6, 6.07) is 6.14. The van der Waals surface area contributed by atoms with Crippen LogP contribution in [-0.4, -0.2) is 0 Å². The van der Waals surface area contributed by atoms with E-state index in [9.17, 15) is 22.0 Å². The Morgan fingerprint density at radius 1 is 0.762 bits per heavy atom. The van der Waals surface area contributed by atoms with Gasteiger partial charge in [0, 0.05) is 10.6 Å². The van der Waals surface area contributed by atoms with E-state index in [1.807, 2.05) is 0 Å². The number of halogens is 7. The number of rotatable bonds is 3. The summed E-state index contributed by atoms with van der Waals surface area (Å²) < 4.78 is 66.4. The molecule has 0 saturated carbocycles. The third-order valence-electron chi connectivity index (χ3n) is 2.89. The molecule has 0 aliphatic carbocycles. The standard InChI is InChI=1S/C14H7Cl2F5/c15-7-3-1-6(2-4-7)5-8(16)9-10(17)12(19)14(21)13(20)11(9)18/h1-4,8H,5H2. The Balaban J connectivity index is 2.39. The molecule has 21 heavy (non-hydrogen) atoms. The van der Waals surface area contributed by atoms with Gasteiger partial charge in [-0.2, -0.15) is 0 Å². The predicted octanol–water partition coefficient (Wildman–Crippen LogP) is 5.56. The first-order valence-electron chi connectivity index (χ1n) is 5.72. The molecule has 0 spiro atoms. The molecule has 0 nitrogen and oxygen atoms in total. The Morgan fingerprint density at radius 3 is 1.67 bits per heavy atom. The third-order valence-corrected chi connectivity index (χ3v) is 3.51. The second-order valence-corrected chi connectivity index (χ2v) is 5.24. The first-order valence-corrected chi connectivity index (χ1v) is 6.54. The van der Waals surface area contributed by atoms with E-state index in [0.29, 0.717) is 10.6 Å². The van der Waals surface area contributed by atoms with Crippen LogP contribution in [-0.2, 0) is 6.42 Å². The van der Waals surface area contributed by atoms with Crippen molar-refractivity contribution >= 4 is 23.2 Å². The molecule has 0 aliphatic rings. The monoisotopic (exact) mass is 340 g/mol. The van der Waals surface area contributed by atoms with Crippen LogP contribution in [0.3, 0.4) is 0 Å². The van der Waals surface area contributed by atoms with Crippen LogP contribution in [0, 0.1) is 29.1 Å². The van der Waals surface area contributed by atoms with Gasteiger partial charge in [-0.05, 0) is 24.1 Å². The van der Waals surface area contributed by atoms with Crippen LogP contribution in [0.15, 0.2) is 24.3 Å². The maximum atomic E-state index is 13.6. The van der Waals surface area contributed by atoms with Crippen molar-refractivity contribution in [1.82, 2.24) is 0 Å². The fourth-order valence-corrected chi connectivity index (χ4v) is 2.32. The van der Waals surface area contributed by atoms with Gasteiger partial charge in [0.1, 0.15) is 0 Å². The minimum atomic E-state index is -2.20. The molecule has 1 atom stereocenters. The van der Waals surface area contributed by atoms with Crippen LogP contribution in [0.1, 0.15) is 16.5 Å². The number of alkyl halides is 1. The van der Waals surface area contributed by atoms with E-state index in [1.54, 1.807) is 12.1 Å². The Morgan fingerprint density at radius 2 is 1.19 bits per heavy atom. The molecule has 0 fully saturated rings. The third kappa shape index (κ3) is 3.14. The summed E-state index contributed by atoms with van der Waals surface area (Å²) in [5.74, 6) is -10.1. The first-order chi connectivity index (χ1) is 9.82. The van der Waals surface area contributed by atoms with Crippen molar-refractivity contribution in [2.75, 3.05) is 0 Å². The molecule has 0 amide bonds. The molecule has 2 rings (SSSR count). The van der Waals surface area contributed by atoms with Gasteiger partial charge in [0.25, 0.3) is 0 Å². The molecule has 2 aromatic carbocycles. The van der Waals surface area contributed by atoms with Crippen LogP contribution < -0.4 is 0 Å². The number of hydrogen-bond donors (Lipinski definition) is 0. The molecule has 0 N–H and O–H groups in total. The lowest BCUT2D eigenvalue weighted by molar-refractivity contribution is 0.369. The zero-order chi connectivity index (χ0) is 15.7. The van der Waals surface area contributed by atoms with Gasteiger partial charge >= 0.3 is 0 Å². The Labute approximate surface area is 127 Å². The Bertz CT molecular complexity index is 641. The van der Waals surface area contributed by atoms with Gasteiger partial charge in [0.15, 0.2) is 23.3 Å². The van der Waals surface area contributed by atoms with Crippen LogP contribution >= 0.6 is 23.2 Å². The molecular weight excluding hydrogens is 334 g/mol. The number of benzene rings is 2. The minimum absolute atomic E-state index is 0.114. The Hall–Kier alpha value is -1.33. The van der Waals surface area contributed by atoms with Crippen molar-refractivity contribution in [3.8, 4) is 0 Å². The zero-order valence-electron chi connectivity index (χ0n) is 10.2. The normalized spacial score (nSPS) is 12.5. The fourth-order valence-electron chi connectivity index (χ4n) is 1.83. The summed E-state index contributed by atoms with van der Waals surface area (Å²) in [6.07, 6.45) is -0.114. The molecule has 0 bridgehead atoms. The summed E-state index contributed by atoms with van der Waals surface area (Å²) in [6.45, 7) is 0. The molecule has 0 heterocycles. The molecule has 2 aromatic rings. The van der Waals surface area contributed by atoms with E-state index in [-0.39, 0.29) is 6.42 Å². The van der Waals surface area contributed by atoms with E-state index < -0.39 is 40.0 Å². The van der Waals surface area contributed by atoms with Crippen molar-refractivity contribution in [2.24, 2.45) is 0 Å². The van der Waals surface area contributed by atoms with Gasteiger partial charge in [-0.3, -0.25) is 0 Å². The quantitative estimate of drug-likeness (QED) is 0.297. The van der Waals surface area contributed by atoms with E-state index in [4.69, 9.17) is 23.2 Å². The zero-order valence-corrected chi connectivity index (χ0v) is 11.8. The van der Waals surface area contributed by atoms with Gasteiger partial charge in [-0.15, -0.1) is 11.6 Å². The van der Waals surface area contributed by atoms with Crippen LogP contribution in [0.25, 0.3) is 0 Å². The van der Waals surface area contributed by atoms with Crippen molar-refractivity contribution < 1.29 is 22.0 Å². The summed E-state index contributed by atoms with van der Waals surface area (Å²) in [5, 5.41) is -0.961. The molecule has 112 valence electrons. The highest BCUT2D eigenvalue weighted by Crippen LogP contribution is 2.33. The fraction of sp³-hybridized carbons (Fsp3) is 0.143. The van der Waals surface area contributed by atoms with Crippen molar-refractivity contribution in [1.29, 1.82) is 0 Å². The largest absolute Gasteiger partial charge is 0.203 e. The van der Waals surface area contributed by atoms with Gasteiger partial charge in [0.2, 0.25) is 5.82 Å². The highest BCUT2D eigenvalue weighted by Gasteiger charge is 2.29. The SMILES string of the molecule is Fc1c(F)c(F)c(C(Cl)Cc2ccc(Cl)cc2)c(F)c1F. The summed E-state index contributed by atoms with van der Waals surface area (Å²) >= 11 is 11.5. The second kappa shape index (κ2) is 6.20. The van der Waals surface area contributed by atoms with Gasteiger partial charge in [0.05, 0.1) is 5.38 Å². The topological polar surface area (TPSA) is 0 Å². The maximum Gasteiger partial charge on any atom is 0.200 e. The van der Waals surface area contributed by atoms with E-state index in [2.05, 4.69) is 0 Å². The molecule has 0 aliphatic heterocycles. The summed E-state index contributed by atoms with van der Waals surface area (Å²) in [4.78, 5) is 0. The molecule has 0 aromatic heterocycles. The Kier molecular flexibility index (Phi) is 4.74. The van der Waals surface area contributed by atoms with Crippen LogP contribution in [0.2, 0.25) is 5.02 Å². The van der Waals surface area contributed by atoms with Crippen LogP contribution in [0.5, 0.6) is 0 Å². The van der Waals surface area contributed by atoms with Crippen molar-refractivity contribution in [3.63, 3.8) is 0 Å². The number of hydrogen-bond acceptors (Lipinski definition) is 0. The lowest BCUT2D eigenvalue weighted by Crippen LogP contribution is -2.10. The lowest BCUT2D eigenvalue weighted by Gasteiger charge is -2.13.